The fourth-order valence-corrected chi connectivity index (χ4v) is 2.63. The number of amides is 1. The van der Waals surface area contributed by atoms with Crippen molar-refractivity contribution >= 4 is 22.8 Å². The van der Waals surface area contributed by atoms with Gasteiger partial charge in [0.15, 0.2) is 0 Å². The minimum atomic E-state index is -0.455. The standard InChI is InChI=1S/C19H18N2O3/c1-24-19(23)16-7-4-6-15(13-16)18(22)20-10-12-21-11-9-14-5-2-3-8-17(14)21/h2-9,11,13H,10,12H2,1H3,(H,20,22). The lowest BCUT2D eigenvalue weighted by Crippen LogP contribution is -2.27. The summed E-state index contributed by atoms with van der Waals surface area (Å²) in [6, 6.07) is 16.7. The van der Waals surface area contributed by atoms with Gasteiger partial charge < -0.3 is 14.6 Å². The summed E-state index contributed by atoms with van der Waals surface area (Å²) in [6.45, 7) is 1.18. The number of esters is 1. The second-order valence-corrected chi connectivity index (χ2v) is 5.40. The van der Waals surface area contributed by atoms with Gasteiger partial charge in [-0.15, -0.1) is 0 Å². The summed E-state index contributed by atoms with van der Waals surface area (Å²) in [4.78, 5) is 23.8. The van der Waals surface area contributed by atoms with Crippen molar-refractivity contribution in [1.82, 2.24) is 9.88 Å². The third-order valence-corrected chi connectivity index (χ3v) is 3.86. The molecular formula is C19H18N2O3. The van der Waals surface area contributed by atoms with E-state index in [2.05, 4.69) is 32.8 Å². The van der Waals surface area contributed by atoms with E-state index in [0.717, 1.165) is 5.52 Å². The van der Waals surface area contributed by atoms with E-state index < -0.39 is 5.97 Å². The average Bonchev–Trinajstić information content (AvgIpc) is 3.04. The normalized spacial score (nSPS) is 10.5. The van der Waals surface area contributed by atoms with Crippen molar-refractivity contribution in [3.8, 4) is 0 Å². The zero-order valence-electron chi connectivity index (χ0n) is 13.4. The highest BCUT2D eigenvalue weighted by atomic mass is 16.5. The van der Waals surface area contributed by atoms with Crippen molar-refractivity contribution in [1.29, 1.82) is 0 Å². The molecule has 1 amide bonds. The molecular weight excluding hydrogens is 304 g/mol. The minimum Gasteiger partial charge on any atom is -0.465 e. The molecule has 0 aliphatic carbocycles. The van der Waals surface area contributed by atoms with Crippen LogP contribution in [-0.2, 0) is 11.3 Å². The van der Waals surface area contributed by atoms with Crippen LogP contribution in [0.4, 0.5) is 0 Å². The molecule has 1 N–H and O–H groups in total. The molecule has 5 nitrogen and oxygen atoms in total. The van der Waals surface area contributed by atoms with Crippen molar-refractivity contribution < 1.29 is 14.3 Å². The Morgan fingerprint density at radius 3 is 2.67 bits per heavy atom. The van der Waals surface area contributed by atoms with Crippen LogP contribution in [0.5, 0.6) is 0 Å². The maximum Gasteiger partial charge on any atom is 0.337 e. The summed E-state index contributed by atoms with van der Waals surface area (Å²) >= 11 is 0. The second kappa shape index (κ2) is 7.00. The number of ether oxygens (including phenoxy) is 1. The van der Waals surface area contributed by atoms with Crippen LogP contribution in [0.15, 0.2) is 60.8 Å². The Labute approximate surface area is 139 Å². The first kappa shape index (κ1) is 15.8. The number of fused-ring (bicyclic) bond motifs is 1. The Bertz CT molecular complexity index is 883. The summed E-state index contributed by atoms with van der Waals surface area (Å²) in [7, 11) is 1.32. The molecule has 3 rings (SSSR count). The molecule has 0 bridgehead atoms. The van der Waals surface area contributed by atoms with E-state index in [4.69, 9.17) is 0 Å². The SMILES string of the molecule is COC(=O)c1cccc(C(=O)NCCn2ccc3ccccc32)c1. The highest BCUT2D eigenvalue weighted by Gasteiger charge is 2.10. The van der Waals surface area contributed by atoms with Crippen LogP contribution in [0.3, 0.4) is 0 Å². The Hall–Kier alpha value is -3.08. The fraction of sp³-hybridized carbons (Fsp3) is 0.158. The number of para-hydroxylation sites is 1. The van der Waals surface area contributed by atoms with Gasteiger partial charge in [-0.2, -0.15) is 0 Å². The second-order valence-electron chi connectivity index (χ2n) is 5.40. The molecule has 0 fully saturated rings. The molecule has 0 saturated carbocycles. The fourth-order valence-electron chi connectivity index (χ4n) is 2.63. The molecule has 0 unspecified atom stereocenters. The Kier molecular flexibility index (Phi) is 4.61. The molecule has 1 aromatic heterocycles. The van der Waals surface area contributed by atoms with Crippen molar-refractivity contribution in [2.24, 2.45) is 0 Å². The highest BCUT2D eigenvalue weighted by molar-refractivity contribution is 5.97. The molecule has 0 aliphatic heterocycles. The number of methoxy groups -OCH3 is 1. The van der Waals surface area contributed by atoms with E-state index >= 15 is 0 Å². The molecule has 0 aliphatic rings. The lowest BCUT2D eigenvalue weighted by molar-refractivity contribution is 0.0600. The van der Waals surface area contributed by atoms with E-state index in [-0.39, 0.29) is 5.91 Å². The number of aromatic nitrogens is 1. The quantitative estimate of drug-likeness (QED) is 0.735. The number of nitrogens with zero attached hydrogens (tertiary/aromatic N) is 1. The Balaban J connectivity index is 1.62. The van der Waals surface area contributed by atoms with E-state index in [0.29, 0.717) is 24.2 Å². The predicted molar refractivity (Wildman–Crippen MR) is 92.1 cm³/mol. The van der Waals surface area contributed by atoms with E-state index in [1.165, 1.54) is 18.6 Å². The first-order chi connectivity index (χ1) is 11.7. The number of rotatable bonds is 5. The van der Waals surface area contributed by atoms with Gasteiger partial charge in [0.2, 0.25) is 0 Å². The largest absolute Gasteiger partial charge is 0.465 e. The molecule has 3 aromatic rings. The van der Waals surface area contributed by atoms with Gasteiger partial charge in [-0.25, -0.2) is 4.79 Å². The molecule has 122 valence electrons. The van der Waals surface area contributed by atoms with E-state index in [9.17, 15) is 9.59 Å². The lowest BCUT2D eigenvalue weighted by atomic mass is 10.1. The first-order valence-electron chi connectivity index (χ1n) is 7.69. The van der Waals surface area contributed by atoms with Gasteiger partial charge >= 0.3 is 5.97 Å². The topological polar surface area (TPSA) is 60.3 Å². The molecule has 0 spiro atoms. The van der Waals surface area contributed by atoms with Crippen LogP contribution < -0.4 is 5.32 Å². The third-order valence-electron chi connectivity index (χ3n) is 3.86. The van der Waals surface area contributed by atoms with Crippen LogP contribution >= 0.6 is 0 Å². The van der Waals surface area contributed by atoms with Gasteiger partial charge in [-0.1, -0.05) is 24.3 Å². The molecule has 24 heavy (non-hydrogen) atoms. The molecule has 0 atom stereocenters. The number of nitrogens with one attached hydrogen (secondary N) is 1. The average molecular weight is 322 g/mol. The predicted octanol–water partition coefficient (Wildman–Crippen LogP) is 2.86. The summed E-state index contributed by atoms with van der Waals surface area (Å²) in [6.07, 6.45) is 2.01. The van der Waals surface area contributed by atoms with Crippen molar-refractivity contribution in [2.75, 3.05) is 13.7 Å². The zero-order chi connectivity index (χ0) is 16.9. The lowest BCUT2D eigenvalue weighted by Gasteiger charge is -2.08. The minimum absolute atomic E-state index is 0.211. The maximum atomic E-state index is 12.2. The molecule has 0 radical (unpaired) electrons. The van der Waals surface area contributed by atoms with E-state index in [1.807, 2.05) is 18.3 Å². The number of carbonyl (C=O) groups excluding carboxylic acids is 2. The summed E-state index contributed by atoms with van der Waals surface area (Å²) in [5.41, 5.74) is 1.94. The van der Waals surface area contributed by atoms with Gasteiger partial charge in [0.05, 0.1) is 12.7 Å². The van der Waals surface area contributed by atoms with Gasteiger partial charge in [-0.05, 0) is 35.7 Å². The van der Waals surface area contributed by atoms with Crippen molar-refractivity contribution in [2.45, 2.75) is 6.54 Å². The van der Waals surface area contributed by atoms with Crippen LogP contribution in [0.2, 0.25) is 0 Å². The smallest absolute Gasteiger partial charge is 0.337 e. The van der Waals surface area contributed by atoms with Gasteiger partial charge in [0.25, 0.3) is 5.91 Å². The van der Waals surface area contributed by atoms with Gasteiger partial charge in [0.1, 0.15) is 0 Å². The molecule has 1 heterocycles. The summed E-state index contributed by atoms with van der Waals surface area (Å²) < 4.78 is 6.77. The van der Waals surface area contributed by atoms with Crippen LogP contribution in [0.25, 0.3) is 10.9 Å². The zero-order valence-corrected chi connectivity index (χ0v) is 13.4. The Morgan fingerprint density at radius 1 is 1.04 bits per heavy atom. The monoisotopic (exact) mass is 322 g/mol. The van der Waals surface area contributed by atoms with Gasteiger partial charge in [0, 0.05) is 30.4 Å². The van der Waals surface area contributed by atoms with Crippen LogP contribution in [0, 0.1) is 0 Å². The summed E-state index contributed by atoms with van der Waals surface area (Å²) in [5, 5.41) is 4.05. The van der Waals surface area contributed by atoms with Crippen molar-refractivity contribution in [3.05, 3.63) is 71.9 Å². The van der Waals surface area contributed by atoms with Crippen molar-refractivity contribution in [3.63, 3.8) is 0 Å². The highest BCUT2D eigenvalue weighted by Crippen LogP contribution is 2.14. The maximum absolute atomic E-state index is 12.2. The number of hydrogen-bond donors (Lipinski definition) is 1. The Morgan fingerprint density at radius 2 is 1.83 bits per heavy atom. The first-order valence-corrected chi connectivity index (χ1v) is 7.69. The number of benzene rings is 2. The third kappa shape index (κ3) is 3.30. The summed E-state index contributed by atoms with van der Waals surface area (Å²) in [5.74, 6) is -0.666. The molecule has 5 heteroatoms. The molecule has 2 aromatic carbocycles. The number of hydrogen-bond acceptors (Lipinski definition) is 3. The van der Waals surface area contributed by atoms with E-state index in [1.54, 1.807) is 18.2 Å². The molecule has 0 saturated heterocycles. The van der Waals surface area contributed by atoms with Gasteiger partial charge in [-0.3, -0.25) is 4.79 Å². The number of carbonyl (C=O) groups is 2. The van der Waals surface area contributed by atoms with Crippen LogP contribution in [0.1, 0.15) is 20.7 Å². The van der Waals surface area contributed by atoms with Crippen LogP contribution in [-0.4, -0.2) is 30.1 Å².